The Balaban J connectivity index is 2.06. The molecule has 11 heavy (non-hydrogen) atoms. The van der Waals surface area contributed by atoms with E-state index in [2.05, 4.69) is 5.32 Å². The van der Waals surface area contributed by atoms with Crippen LogP contribution in [0.15, 0.2) is 0 Å². The van der Waals surface area contributed by atoms with Crippen LogP contribution in [0.1, 0.15) is 12.8 Å². The zero-order chi connectivity index (χ0) is 7.73. The summed E-state index contributed by atoms with van der Waals surface area (Å²) in [5.41, 5.74) is -0.321. The highest BCUT2D eigenvalue weighted by Crippen LogP contribution is 2.39. The van der Waals surface area contributed by atoms with Gasteiger partial charge in [0.1, 0.15) is 11.8 Å². The Kier molecular flexibility index (Phi) is 1.69. The van der Waals surface area contributed by atoms with E-state index in [0.29, 0.717) is 12.5 Å². The molecule has 3 nitrogen and oxygen atoms in total. The SMILES string of the molecule is O=CC1(C2CC2)COCCN1. The third-order valence-corrected chi connectivity index (χ3v) is 2.56. The van der Waals surface area contributed by atoms with Gasteiger partial charge in [0.05, 0.1) is 13.2 Å². The van der Waals surface area contributed by atoms with Crippen molar-refractivity contribution in [1.82, 2.24) is 5.32 Å². The first-order valence-corrected chi connectivity index (χ1v) is 4.16. The molecule has 0 bridgehead atoms. The third-order valence-electron chi connectivity index (χ3n) is 2.56. The number of hydrogen-bond donors (Lipinski definition) is 1. The summed E-state index contributed by atoms with van der Waals surface area (Å²) in [6.07, 6.45) is 3.38. The number of aldehydes is 1. The van der Waals surface area contributed by atoms with E-state index in [1.165, 1.54) is 12.8 Å². The quantitative estimate of drug-likeness (QED) is 0.568. The molecule has 1 aliphatic carbocycles. The van der Waals surface area contributed by atoms with Crippen LogP contribution < -0.4 is 5.32 Å². The Morgan fingerprint density at radius 3 is 2.82 bits per heavy atom. The average Bonchev–Trinajstić information content (AvgIpc) is 2.88. The van der Waals surface area contributed by atoms with Crippen LogP contribution >= 0.6 is 0 Å². The minimum absolute atomic E-state index is 0.321. The van der Waals surface area contributed by atoms with Crippen LogP contribution in [0.3, 0.4) is 0 Å². The molecule has 62 valence electrons. The predicted molar refractivity (Wildman–Crippen MR) is 40.3 cm³/mol. The zero-order valence-corrected chi connectivity index (χ0v) is 6.51. The molecule has 1 aliphatic heterocycles. The first-order valence-electron chi connectivity index (χ1n) is 4.16. The normalized spacial score (nSPS) is 38.5. The fourth-order valence-electron chi connectivity index (χ4n) is 1.68. The van der Waals surface area contributed by atoms with Gasteiger partial charge in [-0.15, -0.1) is 0 Å². The first-order chi connectivity index (χ1) is 5.37. The van der Waals surface area contributed by atoms with Crippen molar-refractivity contribution in [3.05, 3.63) is 0 Å². The topological polar surface area (TPSA) is 38.3 Å². The molecule has 1 saturated heterocycles. The fourth-order valence-corrected chi connectivity index (χ4v) is 1.68. The highest BCUT2D eigenvalue weighted by molar-refractivity contribution is 5.66. The van der Waals surface area contributed by atoms with Gasteiger partial charge >= 0.3 is 0 Å². The van der Waals surface area contributed by atoms with Gasteiger partial charge in [-0.25, -0.2) is 0 Å². The van der Waals surface area contributed by atoms with Crippen molar-refractivity contribution in [3.63, 3.8) is 0 Å². The summed E-state index contributed by atoms with van der Waals surface area (Å²) in [6.45, 7) is 2.12. The van der Waals surface area contributed by atoms with E-state index in [0.717, 1.165) is 19.4 Å². The molecule has 0 aromatic heterocycles. The number of rotatable bonds is 2. The third kappa shape index (κ3) is 1.19. The average molecular weight is 155 g/mol. The van der Waals surface area contributed by atoms with Crippen molar-refractivity contribution < 1.29 is 9.53 Å². The Labute approximate surface area is 66.1 Å². The summed E-state index contributed by atoms with van der Waals surface area (Å²) < 4.78 is 5.28. The fraction of sp³-hybridized carbons (Fsp3) is 0.875. The van der Waals surface area contributed by atoms with E-state index in [1.807, 2.05) is 0 Å². The van der Waals surface area contributed by atoms with Crippen LogP contribution in [0, 0.1) is 5.92 Å². The number of ether oxygens (including phenoxy) is 1. The molecule has 2 aliphatic rings. The van der Waals surface area contributed by atoms with Crippen LogP contribution in [0.2, 0.25) is 0 Å². The summed E-state index contributed by atoms with van der Waals surface area (Å²) in [5, 5.41) is 3.25. The Hall–Kier alpha value is -0.410. The van der Waals surface area contributed by atoms with E-state index in [9.17, 15) is 4.79 Å². The lowest BCUT2D eigenvalue weighted by Gasteiger charge is -2.33. The smallest absolute Gasteiger partial charge is 0.142 e. The molecule has 1 heterocycles. The first kappa shape index (κ1) is 7.25. The van der Waals surface area contributed by atoms with Crippen LogP contribution in [-0.2, 0) is 9.53 Å². The summed E-state index contributed by atoms with van der Waals surface area (Å²) >= 11 is 0. The van der Waals surface area contributed by atoms with Gasteiger partial charge in [-0.2, -0.15) is 0 Å². The Bertz CT molecular complexity index is 159. The number of carbonyl (C=O) groups excluding carboxylic acids is 1. The molecular formula is C8H13NO2. The minimum atomic E-state index is -0.321. The van der Waals surface area contributed by atoms with Gasteiger partial charge in [0, 0.05) is 6.54 Å². The van der Waals surface area contributed by atoms with Gasteiger partial charge in [0.2, 0.25) is 0 Å². The molecule has 0 radical (unpaired) electrons. The maximum atomic E-state index is 10.8. The number of nitrogens with one attached hydrogen (secondary N) is 1. The standard InChI is InChI=1S/C8H13NO2/c10-5-8(7-1-2-7)6-11-4-3-9-8/h5,7,9H,1-4,6H2. The van der Waals surface area contributed by atoms with Crippen LogP contribution in [0.5, 0.6) is 0 Å². The van der Waals surface area contributed by atoms with Crippen molar-refractivity contribution in [2.75, 3.05) is 19.8 Å². The van der Waals surface area contributed by atoms with E-state index in [1.54, 1.807) is 0 Å². The summed E-state index contributed by atoms with van der Waals surface area (Å²) in [6, 6.07) is 0. The molecule has 0 aromatic carbocycles. The second kappa shape index (κ2) is 2.57. The molecular weight excluding hydrogens is 142 g/mol. The van der Waals surface area contributed by atoms with Gasteiger partial charge < -0.3 is 14.8 Å². The van der Waals surface area contributed by atoms with Crippen molar-refractivity contribution >= 4 is 6.29 Å². The maximum Gasteiger partial charge on any atom is 0.142 e. The summed E-state index contributed by atoms with van der Waals surface area (Å²) in [5.74, 6) is 0.542. The van der Waals surface area contributed by atoms with E-state index in [4.69, 9.17) is 4.74 Å². The van der Waals surface area contributed by atoms with Crippen molar-refractivity contribution in [3.8, 4) is 0 Å². The van der Waals surface area contributed by atoms with Crippen molar-refractivity contribution in [1.29, 1.82) is 0 Å². The highest BCUT2D eigenvalue weighted by Gasteiger charge is 2.46. The Morgan fingerprint density at radius 1 is 1.55 bits per heavy atom. The van der Waals surface area contributed by atoms with E-state index in [-0.39, 0.29) is 5.54 Å². The summed E-state index contributed by atoms with van der Waals surface area (Å²) in [4.78, 5) is 10.8. The largest absolute Gasteiger partial charge is 0.378 e. The van der Waals surface area contributed by atoms with E-state index < -0.39 is 0 Å². The molecule has 1 atom stereocenters. The second-order valence-corrected chi connectivity index (χ2v) is 3.41. The van der Waals surface area contributed by atoms with Crippen molar-refractivity contribution in [2.45, 2.75) is 18.4 Å². The molecule has 1 unspecified atom stereocenters. The monoisotopic (exact) mass is 155 g/mol. The van der Waals surface area contributed by atoms with Gasteiger partial charge in [-0.3, -0.25) is 0 Å². The maximum absolute atomic E-state index is 10.8. The van der Waals surface area contributed by atoms with Gasteiger partial charge in [-0.05, 0) is 18.8 Å². The molecule has 1 saturated carbocycles. The summed E-state index contributed by atoms with van der Waals surface area (Å²) in [7, 11) is 0. The Morgan fingerprint density at radius 2 is 2.36 bits per heavy atom. The second-order valence-electron chi connectivity index (χ2n) is 3.41. The number of carbonyl (C=O) groups is 1. The van der Waals surface area contributed by atoms with Crippen LogP contribution in [0.4, 0.5) is 0 Å². The van der Waals surface area contributed by atoms with Gasteiger partial charge in [-0.1, -0.05) is 0 Å². The molecule has 0 spiro atoms. The molecule has 0 aromatic rings. The van der Waals surface area contributed by atoms with Gasteiger partial charge in [0.15, 0.2) is 0 Å². The lowest BCUT2D eigenvalue weighted by atomic mass is 9.95. The van der Waals surface area contributed by atoms with E-state index >= 15 is 0 Å². The minimum Gasteiger partial charge on any atom is -0.378 e. The lowest BCUT2D eigenvalue weighted by Crippen LogP contribution is -2.57. The lowest BCUT2D eigenvalue weighted by molar-refractivity contribution is -0.119. The highest BCUT2D eigenvalue weighted by atomic mass is 16.5. The molecule has 3 heteroatoms. The zero-order valence-electron chi connectivity index (χ0n) is 6.51. The molecule has 0 amide bonds. The predicted octanol–water partition coefficient (Wildman–Crippen LogP) is -0.0461. The van der Waals surface area contributed by atoms with Crippen LogP contribution in [0.25, 0.3) is 0 Å². The van der Waals surface area contributed by atoms with Crippen molar-refractivity contribution in [2.24, 2.45) is 5.92 Å². The molecule has 1 N–H and O–H groups in total. The van der Waals surface area contributed by atoms with Gasteiger partial charge in [0.25, 0.3) is 0 Å². The molecule has 2 fully saturated rings. The van der Waals surface area contributed by atoms with Crippen LogP contribution in [-0.4, -0.2) is 31.6 Å². The number of morpholine rings is 1. The molecule has 2 rings (SSSR count). The number of hydrogen-bond acceptors (Lipinski definition) is 3.